The van der Waals surface area contributed by atoms with E-state index in [2.05, 4.69) is 16.4 Å². The Morgan fingerprint density at radius 3 is 3.31 bits per heavy atom. The molecule has 1 aromatic heterocycles. The number of nitriles is 1. The molecule has 1 aromatic rings. The molecule has 84 valence electrons. The summed E-state index contributed by atoms with van der Waals surface area (Å²) in [5.74, 6) is 0. The summed E-state index contributed by atoms with van der Waals surface area (Å²) < 4.78 is 1.61. The van der Waals surface area contributed by atoms with E-state index >= 15 is 0 Å². The molecular formula is C11H14N4O. The molecule has 0 radical (unpaired) electrons. The number of nitrogens with one attached hydrogen (secondary N) is 1. The Labute approximate surface area is 93.7 Å². The van der Waals surface area contributed by atoms with Gasteiger partial charge in [0.05, 0.1) is 18.1 Å². The summed E-state index contributed by atoms with van der Waals surface area (Å²) in [4.78, 5) is 16.3. The maximum Gasteiger partial charge on any atom is 0.256 e. The Morgan fingerprint density at radius 1 is 1.62 bits per heavy atom. The van der Waals surface area contributed by atoms with E-state index in [4.69, 9.17) is 5.26 Å². The molecule has 0 fully saturated rings. The molecule has 0 saturated heterocycles. The minimum Gasteiger partial charge on any atom is -0.311 e. The normalized spacial score (nSPS) is 14.2. The van der Waals surface area contributed by atoms with Crippen molar-refractivity contribution in [1.82, 2.24) is 14.9 Å². The Morgan fingerprint density at radius 2 is 2.50 bits per heavy atom. The van der Waals surface area contributed by atoms with Crippen LogP contribution >= 0.6 is 0 Å². The highest BCUT2D eigenvalue weighted by Crippen LogP contribution is 2.05. The number of aryl methyl sites for hydroxylation is 1. The van der Waals surface area contributed by atoms with Crippen molar-refractivity contribution in [1.29, 1.82) is 5.26 Å². The van der Waals surface area contributed by atoms with Gasteiger partial charge in [-0.2, -0.15) is 5.26 Å². The van der Waals surface area contributed by atoms with Crippen LogP contribution in [0, 0.1) is 11.3 Å². The molecule has 0 amide bonds. The number of hydrogen-bond acceptors (Lipinski definition) is 4. The summed E-state index contributed by atoms with van der Waals surface area (Å²) in [6.07, 6.45) is 3.52. The first-order valence-electron chi connectivity index (χ1n) is 5.48. The smallest absolute Gasteiger partial charge is 0.256 e. The van der Waals surface area contributed by atoms with Gasteiger partial charge in [-0.05, 0) is 19.4 Å². The highest BCUT2D eigenvalue weighted by molar-refractivity contribution is 5.19. The third-order valence-electron chi connectivity index (χ3n) is 2.75. The van der Waals surface area contributed by atoms with Gasteiger partial charge in [0.15, 0.2) is 0 Å². The second-order valence-corrected chi connectivity index (χ2v) is 3.86. The van der Waals surface area contributed by atoms with Crippen molar-refractivity contribution < 1.29 is 0 Å². The SMILES string of the molecule is N#CCCCn1cnc2c(c1=O)CCNC2. The molecule has 0 aliphatic carbocycles. The Hall–Kier alpha value is -1.67. The van der Waals surface area contributed by atoms with Crippen molar-refractivity contribution in [3.8, 4) is 6.07 Å². The fourth-order valence-electron chi connectivity index (χ4n) is 1.88. The zero-order valence-electron chi connectivity index (χ0n) is 9.07. The van der Waals surface area contributed by atoms with E-state index in [9.17, 15) is 4.79 Å². The summed E-state index contributed by atoms with van der Waals surface area (Å²) in [5.41, 5.74) is 1.76. The molecule has 0 atom stereocenters. The number of rotatable bonds is 3. The predicted octanol–water partition coefficient (Wildman–Crippen LogP) is 0.193. The van der Waals surface area contributed by atoms with Gasteiger partial charge in [0.1, 0.15) is 0 Å². The van der Waals surface area contributed by atoms with Gasteiger partial charge in [-0.3, -0.25) is 9.36 Å². The highest BCUT2D eigenvalue weighted by Gasteiger charge is 2.14. The van der Waals surface area contributed by atoms with Crippen LogP contribution < -0.4 is 10.9 Å². The van der Waals surface area contributed by atoms with Crippen molar-refractivity contribution in [2.24, 2.45) is 0 Å². The fourth-order valence-corrected chi connectivity index (χ4v) is 1.88. The molecule has 2 heterocycles. The van der Waals surface area contributed by atoms with Crippen LogP contribution in [0.25, 0.3) is 0 Å². The number of aromatic nitrogens is 2. The maximum absolute atomic E-state index is 12.0. The van der Waals surface area contributed by atoms with Crippen molar-refractivity contribution >= 4 is 0 Å². The minimum atomic E-state index is 0.0597. The Bertz CT molecular complexity index is 472. The van der Waals surface area contributed by atoms with E-state index in [0.717, 1.165) is 24.2 Å². The first kappa shape index (κ1) is 10.8. The summed E-state index contributed by atoms with van der Waals surface area (Å²) >= 11 is 0. The van der Waals surface area contributed by atoms with Crippen molar-refractivity contribution in [2.45, 2.75) is 32.4 Å². The first-order chi connectivity index (χ1) is 7.83. The largest absolute Gasteiger partial charge is 0.311 e. The molecule has 1 aliphatic heterocycles. The monoisotopic (exact) mass is 218 g/mol. The second kappa shape index (κ2) is 4.90. The van der Waals surface area contributed by atoms with Crippen LogP contribution in [0.4, 0.5) is 0 Å². The molecule has 0 aromatic carbocycles. The molecule has 0 bridgehead atoms. The summed E-state index contributed by atoms with van der Waals surface area (Å²) in [5, 5.41) is 11.6. The Balaban J connectivity index is 2.21. The van der Waals surface area contributed by atoms with Crippen molar-refractivity contribution in [3.63, 3.8) is 0 Å². The lowest BCUT2D eigenvalue weighted by Crippen LogP contribution is -2.34. The van der Waals surface area contributed by atoms with Gasteiger partial charge in [0.25, 0.3) is 5.56 Å². The molecule has 0 unspecified atom stereocenters. The van der Waals surface area contributed by atoms with Crippen LogP contribution in [0.1, 0.15) is 24.1 Å². The number of nitrogens with zero attached hydrogens (tertiary/aromatic N) is 3. The summed E-state index contributed by atoms with van der Waals surface area (Å²) in [6.45, 7) is 2.11. The minimum absolute atomic E-state index is 0.0597. The van der Waals surface area contributed by atoms with Gasteiger partial charge >= 0.3 is 0 Å². The molecule has 1 aliphatic rings. The number of hydrogen-bond donors (Lipinski definition) is 1. The lowest BCUT2D eigenvalue weighted by molar-refractivity contribution is 0.569. The van der Waals surface area contributed by atoms with E-state index in [1.54, 1.807) is 10.9 Å². The van der Waals surface area contributed by atoms with Gasteiger partial charge < -0.3 is 5.32 Å². The van der Waals surface area contributed by atoms with E-state index in [0.29, 0.717) is 25.9 Å². The average Bonchev–Trinajstić information content (AvgIpc) is 2.33. The topological polar surface area (TPSA) is 70.7 Å². The van der Waals surface area contributed by atoms with Crippen molar-refractivity contribution in [3.05, 3.63) is 27.9 Å². The molecule has 16 heavy (non-hydrogen) atoms. The average molecular weight is 218 g/mol. The lowest BCUT2D eigenvalue weighted by Gasteiger charge is -2.16. The third kappa shape index (κ3) is 2.12. The lowest BCUT2D eigenvalue weighted by atomic mass is 10.1. The van der Waals surface area contributed by atoms with E-state index < -0.39 is 0 Å². The quantitative estimate of drug-likeness (QED) is 0.735. The molecule has 2 rings (SSSR count). The van der Waals surface area contributed by atoms with Gasteiger partial charge in [-0.15, -0.1) is 0 Å². The molecule has 5 heteroatoms. The fraction of sp³-hybridized carbons (Fsp3) is 0.545. The summed E-state index contributed by atoms with van der Waals surface area (Å²) in [6, 6.07) is 2.07. The van der Waals surface area contributed by atoms with Crippen LogP contribution in [0.5, 0.6) is 0 Å². The standard InChI is InChI=1S/C11H14N4O/c12-4-1-2-6-15-8-14-10-7-13-5-3-9(10)11(15)16/h8,13H,1-3,5-7H2. The molecular weight excluding hydrogens is 204 g/mol. The number of fused-ring (bicyclic) bond motifs is 1. The van der Waals surface area contributed by atoms with Gasteiger partial charge in [0.2, 0.25) is 0 Å². The van der Waals surface area contributed by atoms with Crippen LogP contribution in [-0.2, 0) is 19.5 Å². The zero-order valence-corrected chi connectivity index (χ0v) is 9.07. The molecule has 0 saturated carbocycles. The maximum atomic E-state index is 12.0. The summed E-state index contributed by atoms with van der Waals surface area (Å²) in [7, 11) is 0. The van der Waals surface area contributed by atoms with E-state index in [1.807, 2.05) is 0 Å². The van der Waals surface area contributed by atoms with Crippen LogP contribution in [0.15, 0.2) is 11.1 Å². The first-order valence-corrected chi connectivity index (χ1v) is 5.48. The van der Waals surface area contributed by atoms with Crippen LogP contribution in [-0.4, -0.2) is 16.1 Å². The van der Waals surface area contributed by atoms with Gasteiger partial charge in [-0.1, -0.05) is 0 Å². The van der Waals surface area contributed by atoms with Gasteiger partial charge in [0, 0.05) is 25.1 Å². The van der Waals surface area contributed by atoms with Gasteiger partial charge in [-0.25, -0.2) is 4.98 Å². The second-order valence-electron chi connectivity index (χ2n) is 3.86. The Kier molecular flexibility index (Phi) is 3.32. The third-order valence-corrected chi connectivity index (χ3v) is 2.75. The van der Waals surface area contributed by atoms with E-state index in [1.165, 1.54) is 0 Å². The highest BCUT2D eigenvalue weighted by atomic mass is 16.1. The molecule has 0 spiro atoms. The van der Waals surface area contributed by atoms with Crippen molar-refractivity contribution in [2.75, 3.05) is 6.54 Å². The number of unbranched alkanes of at least 4 members (excludes halogenated alkanes) is 1. The molecule has 1 N–H and O–H groups in total. The molecule has 5 nitrogen and oxygen atoms in total. The zero-order chi connectivity index (χ0) is 11.4. The van der Waals surface area contributed by atoms with Crippen LogP contribution in [0.3, 0.4) is 0 Å². The predicted molar refractivity (Wildman–Crippen MR) is 58.8 cm³/mol. The van der Waals surface area contributed by atoms with Crippen LogP contribution in [0.2, 0.25) is 0 Å². The van der Waals surface area contributed by atoms with E-state index in [-0.39, 0.29) is 5.56 Å².